The van der Waals surface area contributed by atoms with Crippen molar-refractivity contribution >= 4 is 5.91 Å². The lowest BCUT2D eigenvalue weighted by Gasteiger charge is -2.20. The Morgan fingerprint density at radius 2 is 2.50 bits per heavy atom. The lowest BCUT2D eigenvalue weighted by atomic mass is 10.2. The van der Waals surface area contributed by atoms with Gasteiger partial charge in [-0.25, -0.2) is 0 Å². The first-order valence-electron chi connectivity index (χ1n) is 5.70. The third-order valence-corrected chi connectivity index (χ3v) is 3.11. The standard InChI is InChI=1S/C12H18N2O2/c1-9-10(5-7-16-9)8-14(2)12(15)11-4-3-6-13-11/h5,7,11,13H,3-4,6,8H2,1-2H3. The molecule has 1 unspecified atom stereocenters. The van der Waals surface area contributed by atoms with E-state index in [2.05, 4.69) is 5.32 Å². The van der Waals surface area contributed by atoms with Crippen LogP contribution in [0.15, 0.2) is 16.7 Å². The second-order valence-electron chi connectivity index (χ2n) is 4.35. The summed E-state index contributed by atoms with van der Waals surface area (Å²) in [6.45, 7) is 3.50. The molecule has 1 aliphatic heterocycles. The molecule has 1 N–H and O–H groups in total. The molecule has 1 atom stereocenters. The van der Waals surface area contributed by atoms with Crippen LogP contribution < -0.4 is 5.32 Å². The van der Waals surface area contributed by atoms with Crippen LogP contribution in [0.3, 0.4) is 0 Å². The average Bonchev–Trinajstić information content (AvgIpc) is 2.89. The number of nitrogens with one attached hydrogen (secondary N) is 1. The molecule has 1 saturated heterocycles. The number of carbonyl (C=O) groups is 1. The van der Waals surface area contributed by atoms with Crippen LogP contribution in [0, 0.1) is 6.92 Å². The summed E-state index contributed by atoms with van der Waals surface area (Å²) in [4.78, 5) is 13.8. The van der Waals surface area contributed by atoms with E-state index in [4.69, 9.17) is 4.42 Å². The molecule has 0 saturated carbocycles. The van der Waals surface area contributed by atoms with Gasteiger partial charge in [0.2, 0.25) is 5.91 Å². The fraction of sp³-hybridized carbons (Fsp3) is 0.583. The first-order chi connectivity index (χ1) is 7.68. The van der Waals surface area contributed by atoms with E-state index >= 15 is 0 Å². The van der Waals surface area contributed by atoms with Crippen LogP contribution in [0.4, 0.5) is 0 Å². The number of nitrogens with zero attached hydrogens (tertiary/aromatic N) is 1. The molecule has 2 rings (SSSR count). The normalized spacial score (nSPS) is 20.0. The fourth-order valence-electron chi connectivity index (χ4n) is 2.07. The van der Waals surface area contributed by atoms with Crippen molar-refractivity contribution in [2.45, 2.75) is 32.4 Å². The smallest absolute Gasteiger partial charge is 0.239 e. The molecule has 16 heavy (non-hydrogen) atoms. The zero-order valence-electron chi connectivity index (χ0n) is 9.82. The van der Waals surface area contributed by atoms with Gasteiger partial charge in [-0.3, -0.25) is 4.79 Å². The van der Waals surface area contributed by atoms with Crippen LogP contribution in [0.2, 0.25) is 0 Å². The van der Waals surface area contributed by atoms with E-state index in [-0.39, 0.29) is 11.9 Å². The highest BCUT2D eigenvalue weighted by Gasteiger charge is 2.25. The van der Waals surface area contributed by atoms with Crippen molar-refractivity contribution in [2.75, 3.05) is 13.6 Å². The Balaban J connectivity index is 1.94. The van der Waals surface area contributed by atoms with Gasteiger partial charge < -0.3 is 14.6 Å². The number of rotatable bonds is 3. The highest BCUT2D eigenvalue weighted by molar-refractivity contribution is 5.81. The summed E-state index contributed by atoms with van der Waals surface area (Å²) in [5.41, 5.74) is 1.08. The molecule has 0 spiro atoms. The van der Waals surface area contributed by atoms with Gasteiger partial charge in [-0.05, 0) is 32.4 Å². The molecule has 0 aliphatic carbocycles. The molecule has 88 valence electrons. The van der Waals surface area contributed by atoms with Crippen molar-refractivity contribution in [2.24, 2.45) is 0 Å². The molecule has 4 nitrogen and oxygen atoms in total. The second kappa shape index (κ2) is 4.70. The third-order valence-electron chi connectivity index (χ3n) is 3.11. The molecule has 4 heteroatoms. The van der Waals surface area contributed by atoms with Gasteiger partial charge in [-0.2, -0.15) is 0 Å². The van der Waals surface area contributed by atoms with Crippen LogP contribution >= 0.6 is 0 Å². The number of aryl methyl sites for hydroxylation is 1. The van der Waals surface area contributed by atoms with Crippen molar-refractivity contribution in [1.82, 2.24) is 10.2 Å². The summed E-state index contributed by atoms with van der Waals surface area (Å²) in [6, 6.07) is 1.93. The lowest BCUT2D eigenvalue weighted by Crippen LogP contribution is -2.41. The van der Waals surface area contributed by atoms with Gasteiger partial charge in [-0.15, -0.1) is 0 Å². The number of hydrogen-bond acceptors (Lipinski definition) is 3. The average molecular weight is 222 g/mol. The van der Waals surface area contributed by atoms with Crippen LogP contribution in [0.5, 0.6) is 0 Å². The zero-order chi connectivity index (χ0) is 11.5. The maximum Gasteiger partial charge on any atom is 0.239 e. The van der Waals surface area contributed by atoms with Crippen molar-refractivity contribution in [3.63, 3.8) is 0 Å². The molecule has 0 bridgehead atoms. The summed E-state index contributed by atoms with van der Waals surface area (Å²) in [6.07, 6.45) is 3.71. The third kappa shape index (κ3) is 2.27. The Hall–Kier alpha value is -1.29. The van der Waals surface area contributed by atoms with E-state index in [0.717, 1.165) is 30.7 Å². The Morgan fingerprint density at radius 3 is 3.06 bits per heavy atom. The largest absolute Gasteiger partial charge is 0.469 e. The molecule has 0 aromatic carbocycles. The van der Waals surface area contributed by atoms with Crippen LogP contribution in [0.1, 0.15) is 24.2 Å². The molecule has 0 radical (unpaired) electrons. The van der Waals surface area contributed by atoms with Crippen molar-refractivity contribution in [1.29, 1.82) is 0 Å². The van der Waals surface area contributed by atoms with Gasteiger partial charge in [0.15, 0.2) is 0 Å². The molecule has 1 fully saturated rings. The van der Waals surface area contributed by atoms with Gasteiger partial charge in [-0.1, -0.05) is 0 Å². The van der Waals surface area contributed by atoms with Crippen LogP contribution in [0.25, 0.3) is 0 Å². The summed E-state index contributed by atoms with van der Waals surface area (Å²) in [5.74, 6) is 1.07. The van der Waals surface area contributed by atoms with Crippen molar-refractivity contribution in [3.05, 3.63) is 23.7 Å². The zero-order valence-corrected chi connectivity index (χ0v) is 9.82. The van der Waals surface area contributed by atoms with E-state index < -0.39 is 0 Å². The minimum Gasteiger partial charge on any atom is -0.469 e. The fourth-order valence-corrected chi connectivity index (χ4v) is 2.07. The predicted octanol–water partition coefficient (Wildman–Crippen LogP) is 1.30. The Bertz CT molecular complexity index is 367. The summed E-state index contributed by atoms with van der Waals surface area (Å²) < 4.78 is 5.22. The molecule has 1 aromatic heterocycles. The number of amides is 1. The Kier molecular flexibility index (Phi) is 3.29. The highest BCUT2D eigenvalue weighted by Crippen LogP contribution is 2.13. The molecular weight excluding hydrogens is 204 g/mol. The molecule has 1 amide bonds. The molecular formula is C12H18N2O2. The predicted molar refractivity (Wildman–Crippen MR) is 60.9 cm³/mol. The number of carbonyl (C=O) groups excluding carboxylic acids is 1. The van der Waals surface area contributed by atoms with Gasteiger partial charge in [0.25, 0.3) is 0 Å². The summed E-state index contributed by atoms with van der Waals surface area (Å²) in [7, 11) is 1.84. The number of furan rings is 1. The maximum atomic E-state index is 12.0. The Labute approximate surface area is 95.6 Å². The minimum atomic E-state index is 0.0113. The van der Waals surface area contributed by atoms with Crippen molar-refractivity contribution in [3.8, 4) is 0 Å². The maximum absolute atomic E-state index is 12.0. The van der Waals surface area contributed by atoms with Crippen LogP contribution in [-0.4, -0.2) is 30.4 Å². The van der Waals surface area contributed by atoms with Crippen molar-refractivity contribution < 1.29 is 9.21 Å². The van der Waals surface area contributed by atoms with Gasteiger partial charge >= 0.3 is 0 Å². The van der Waals surface area contributed by atoms with Gasteiger partial charge in [0.05, 0.1) is 12.3 Å². The monoisotopic (exact) mass is 222 g/mol. The van der Waals surface area contributed by atoms with Crippen LogP contribution in [-0.2, 0) is 11.3 Å². The number of likely N-dealkylation sites (N-methyl/N-ethyl adjacent to an activating group) is 1. The minimum absolute atomic E-state index is 0.0113. The van der Waals surface area contributed by atoms with E-state index in [1.54, 1.807) is 11.2 Å². The van der Waals surface area contributed by atoms with E-state index in [9.17, 15) is 4.79 Å². The van der Waals surface area contributed by atoms with E-state index in [1.807, 2.05) is 20.0 Å². The van der Waals surface area contributed by atoms with E-state index in [1.165, 1.54) is 0 Å². The SMILES string of the molecule is Cc1occc1CN(C)C(=O)C1CCCN1. The highest BCUT2D eigenvalue weighted by atomic mass is 16.3. The quantitative estimate of drug-likeness (QED) is 0.838. The lowest BCUT2D eigenvalue weighted by molar-refractivity contribution is -0.132. The summed E-state index contributed by atoms with van der Waals surface area (Å²) in [5, 5.41) is 3.22. The first kappa shape index (κ1) is 11.2. The van der Waals surface area contributed by atoms with Gasteiger partial charge in [0, 0.05) is 19.2 Å². The first-order valence-corrected chi connectivity index (χ1v) is 5.70. The van der Waals surface area contributed by atoms with Gasteiger partial charge in [0.1, 0.15) is 5.76 Å². The molecule has 2 heterocycles. The number of hydrogen-bond donors (Lipinski definition) is 1. The topological polar surface area (TPSA) is 45.5 Å². The summed E-state index contributed by atoms with van der Waals surface area (Å²) >= 11 is 0. The molecule has 1 aromatic rings. The van der Waals surface area contributed by atoms with E-state index in [0.29, 0.717) is 6.54 Å². The second-order valence-corrected chi connectivity index (χ2v) is 4.35. The molecule has 1 aliphatic rings. The Morgan fingerprint density at radius 1 is 1.69 bits per heavy atom.